The van der Waals surface area contributed by atoms with Crippen molar-refractivity contribution < 1.29 is 0 Å². The van der Waals surface area contributed by atoms with E-state index in [-0.39, 0.29) is 6.04 Å². The normalized spacial score (nSPS) is 24.6. The van der Waals surface area contributed by atoms with Crippen molar-refractivity contribution in [2.24, 2.45) is 17.4 Å². The van der Waals surface area contributed by atoms with Crippen LogP contribution in [0.5, 0.6) is 0 Å². The maximum absolute atomic E-state index is 5.79. The summed E-state index contributed by atoms with van der Waals surface area (Å²) in [4.78, 5) is 0. The third kappa shape index (κ3) is 1.94. The number of nitrogens with two attached hydrogens (primary N) is 2. The van der Waals surface area contributed by atoms with Crippen LogP contribution in [-0.4, -0.2) is 25.7 Å². The van der Waals surface area contributed by atoms with Crippen LogP contribution < -0.4 is 16.8 Å². The standard InChI is InChI=1S/C7H17N3/c8-5-7(9)6-1-3-10-4-2-6/h6-7,10H,1-5,8-9H2. The van der Waals surface area contributed by atoms with E-state index >= 15 is 0 Å². The van der Waals surface area contributed by atoms with Gasteiger partial charge in [0, 0.05) is 12.6 Å². The van der Waals surface area contributed by atoms with Crippen molar-refractivity contribution in [3.05, 3.63) is 0 Å². The van der Waals surface area contributed by atoms with Gasteiger partial charge < -0.3 is 16.8 Å². The Bertz CT molecular complexity index is 88.9. The Labute approximate surface area is 62.2 Å². The molecule has 1 saturated heterocycles. The van der Waals surface area contributed by atoms with Gasteiger partial charge in [-0.05, 0) is 31.8 Å². The molecule has 5 N–H and O–H groups in total. The molecule has 0 saturated carbocycles. The molecular formula is C7H17N3. The number of hydrogen-bond acceptors (Lipinski definition) is 3. The first kappa shape index (κ1) is 7.98. The van der Waals surface area contributed by atoms with Crippen LogP contribution in [0.1, 0.15) is 12.8 Å². The number of nitrogens with one attached hydrogen (secondary N) is 1. The lowest BCUT2D eigenvalue weighted by Gasteiger charge is -2.26. The monoisotopic (exact) mass is 143 g/mol. The lowest BCUT2D eigenvalue weighted by atomic mass is 9.91. The Morgan fingerprint density at radius 2 is 2.00 bits per heavy atom. The number of piperidine rings is 1. The zero-order valence-electron chi connectivity index (χ0n) is 6.34. The molecule has 0 aromatic carbocycles. The topological polar surface area (TPSA) is 64.1 Å². The molecule has 60 valence electrons. The summed E-state index contributed by atoms with van der Waals surface area (Å²) in [5.41, 5.74) is 11.3. The van der Waals surface area contributed by atoms with Gasteiger partial charge in [0.15, 0.2) is 0 Å². The fourth-order valence-electron chi connectivity index (χ4n) is 1.46. The second-order valence-corrected chi connectivity index (χ2v) is 2.99. The van der Waals surface area contributed by atoms with Crippen LogP contribution in [0.25, 0.3) is 0 Å². The third-order valence-corrected chi connectivity index (χ3v) is 2.26. The maximum atomic E-state index is 5.79. The first-order valence-corrected chi connectivity index (χ1v) is 4.01. The number of rotatable bonds is 2. The van der Waals surface area contributed by atoms with Gasteiger partial charge in [0.1, 0.15) is 0 Å². The Hall–Kier alpha value is -0.120. The minimum Gasteiger partial charge on any atom is -0.329 e. The summed E-state index contributed by atoms with van der Waals surface area (Å²) in [6.07, 6.45) is 2.39. The SMILES string of the molecule is NCC(N)C1CCNCC1. The summed E-state index contributed by atoms with van der Waals surface area (Å²) in [5, 5.41) is 3.30. The second kappa shape index (κ2) is 3.91. The van der Waals surface area contributed by atoms with Gasteiger partial charge in [-0.25, -0.2) is 0 Å². The van der Waals surface area contributed by atoms with E-state index in [0.717, 1.165) is 13.1 Å². The van der Waals surface area contributed by atoms with Crippen LogP contribution in [0.3, 0.4) is 0 Å². The lowest BCUT2D eigenvalue weighted by Crippen LogP contribution is -2.42. The molecule has 3 nitrogen and oxygen atoms in total. The molecule has 3 heteroatoms. The van der Waals surface area contributed by atoms with Crippen LogP contribution >= 0.6 is 0 Å². The van der Waals surface area contributed by atoms with Crippen molar-refractivity contribution in [3.8, 4) is 0 Å². The molecule has 0 aromatic heterocycles. The van der Waals surface area contributed by atoms with E-state index in [0.29, 0.717) is 12.5 Å². The molecule has 10 heavy (non-hydrogen) atoms. The Morgan fingerprint density at radius 3 is 2.50 bits per heavy atom. The van der Waals surface area contributed by atoms with Crippen molar-refractivity contribution in [2.45, 2.75) is 18.9 Å². The van der Waals surface area contributed by atoms with Crippen LogP contribution in [0.4, 0.5) is 0 Å². The molecule has 1 rings (SSSR count). The molecule has 0 bridgehead atoms. The van der Waals surface area contributed by atoms with E-state index < -0.39 is 0 Å². The van der Waals surface area contributed by atoms with Crippen LogP contribution in [-0.2, 0) is 0 Å². The van der Waals surface area contributed by atoms with Gasteiger partial charge in [-0.3, -0.25) is 0 Å². The predicted octanol–water partition coefficient (Wildman–Crippen LogP) is -0.728. The maximum Gasteiger partial charge on any atom is 0.0192 e. The molecule has 1 heterocycles. The molecule has 0 spiro atoms. The van der Waals surface area contributed by atoms with Crippen molar-refractivity contribution >= 4 is 0 Å². The lowest BCUT2D eigenvalue weighted by molar-refractivity contribution is 0.321. The van der Waals surface area contributed by atoms with Crippen molar-refractivity contribution in [3.63, 3.8) is 0 Å². The van der Waals surface area contributed by atoms with Crippen LogP contribution in [0.15, 0.2) is 0 Å². The average Bonchev–Trinajstić information content (AvgIpc) is 2.05. The predicted molar refractivity (Wildman–Crippen MR) is 42.6 cm³/mol. The molecule has 1 atom stereocenters. The smallest absolute Gasteiger partial charge is 0.0192 e. The molecule has 0 radical (unpaired) electrons. The molecule has 1 aliphatic heterocycles. The highest BCUT2D eigenvalue weighted by Gasteiger charge is 2.18. The van der Waals surface area contributed by atoms with Crippen molar-refractivity contribution in [1.29, 1.82) is 0 Å². The van der Waals surface area contributed by atoms with E-state index in [1.165, 1.54) is 12.8 Å². The largest absolute Gasteiger partial charge is 0.329 e. The summed E-state index contributed by atoms with van der Waals surface area (Å²) in [5.74, 6) is 0.659. The Balaban J connectivity index is 2.24. The Kier molecular flexibility index (Phi) is 3.12. The summed E-state index contributed by atoms with van der Waals surface area (Å²) < 4.78 is 0. The van der Waals surface area contributed by atoms with E-state index in [1.807, 2.05) is 0 Å². The fourth-order valence-corrected chi connectivity index (χ4v) is 1.46. The van der Waals surface area contributed by atoms with E-state index in [4.69, 9.17) is 11.5 Å². The average molecular weight is 143 g/mol. The highest BCUT2D eigenvalue weighted by molar-refractivity contribution is 4.78. The molecule has 1 fully saturated rings. The van der Waals surface area contributed by atoms with Gasteiger partial charge in [-0.15, -0.1) is 0 Å². The number of hydrogen-bond donors (Lipinski definition) is 3. The molecule has 1 unspecified atom stereocenters. The van der Waals surface area contributed by atoms with Crippen LogP contribution in [0.2, 0.25) is 0 Å². The van der Waals surface area contributed by atoms with Gasteiger partial charge in [0.05, 0.1) is 0 Å². The summed E-state index contributed by atoms with van der Waals surface area (Å²) >= 11 is 0. The molecule has 0 amide bonds. The first-order valence-electron chi connectivity index (χ1n) is 4.01. The summed E-state index contributed by atoms with van der Waals surface area (Å²) in [6.45, 7) is 2.85. The van der Waals surface area contributed by atoms with Gasteiger partial charge in [-0.2, -0.15) is 0 Å². The van der Waals surface area contributed by atoms with Crippen molar-refractivity contribution in [1.82, 2.24) is 5.32 Å². The first-order chi connectivity index (χ1) is 4.84. The molecule has 1 aliphatic rings. The summed E-state index contributed by atoms with van der Waals surface area (Å²) in [6, 6.07) is 0.224. The molecule has 0 aromatic rings. The fraction of sp³-hybridized carbons (Fsp3) is 1.00. The van der Waals surface area contributed by atoms with E-state index in [1.54, 1.807) is 0 Å². The van der Waals surface area contributed by atoms with Gasteiger partial charge in [0.2, 0.25) is 0 Å². The molecule has 0 aliphatic carbocycles. The minimum atomic E-state index is 0.224. The third-order valence-electron chi connectivity index (χ3n) is 2.26. The zero-order chi connectivity index (χ0) is 7.40. The summed E-state index contributed by atoms with van der Waals surface area (Å²) in [7, 11) is 0. The zero-order valence-corrected chi connectivity index (χ0v) is 6.34. The second-order valence-electron chi connectivity index (χ2n) is 2.99. The van der Waals surface area contributed by atoms with Gasteiger partial charge >= 0.3 is 0 Å². The van der Waals surface area contributed by atoms with Gasteiger partial charge in [0.25, 0.3) is 0 Å². The highest BCUT2D eigenvalue weighted by Crippen LogP contribution is 2.13. The van der Waals surface area contributed by atoms with E-state index in [2.05, 4.69) is 5.32 Å². The van der Waals surface area contributed by atoms with Gasteiger partial charge in [-0.1, -0.05) is 0 Å². The van der Waals surface area contributed by atoms with E-state index in [9.17, 15) is 0 Å². The Morgan fingerprint density at radius 1 is 1.40 bits per heavy atom. The minimum absolute atomic E-state index is 0.224. The quantitative estimate of drug-likeness (QED) is 0.477. The molecular weight excluding hydrogens is 126 g/mol. The van der Waals surface area contributed by atoms with Crippen molar-refractivity contribution in [2.75, 3.05) is 19.6 Å². The highest BCUT2D eigenvalue weighted by atomic mass is 14.9. The van der Waals surface area contributed by atoms with Crippen LogP contribution in [0, 0.1) is 5.92 Å².